The summed E-state index contributed by atoms with van der Waals surface area (Å²) in [5.41, 5.74) is 3.40. The van der Waals surface area contributed by atoms with Crippen LogP contribution in [0.1, 0.15) is 34.4 Å². The van der Waals surface area contributed by atoms with Crippen molar-refractivity contribution in [2.24, 2.45) is 0 Å². The second kappa shape index (κ2) is 12.7. The van der Waals surface area contributed by atoms with E-state index in [4.69, 9.17) is 23.2 Å². The molecule has 2 heterocycles. The number of hydrogen-bond donors (Lipinski definition) is 0. The molecule has 0 spiro atoms. The second-order valence-electron chi connectivity index (χ2n) is 8.09. The average Bonchev–Trinajstić information content (AvgIpc) is 2.91. The Morgan fingerprint density at radius 3 is 1.44 bits per heavy atom. The maximum absolute atomic E-state index is 14.4. The zero-order valence-corrected chi connectivity index (χ0v) is 22.9. The Hall–Kier alpha value is -2.45. The van der Waals surface area contributed by atoms with Crippen LogP contribution in [0.25, 0.3) is 0 Å². The molecule has 0 saturated heterocycles. The Morgan fingerprint density at radius 2 is 1.08 bits per heavy atom. The summed E-state index contributed by atoms with van der Waals surface area (Å²) < 4.78 is 0. The van der Waals surface area contributed by atoms with Gasteiger partial charge in [0, 0.05) is 58.5 Å². The fourth-order valence-corrected chi connectivity index (χ4v) is 4.99. The van der Waals surface area contributed by atoms with Crippen LogP contribution in [0.15, 0.2) is 83.4 Å². The molecular weight excluding hydrogens is 531 g/mol. The molecule has 4 aromatic rings. The fraction of sp³-hybridized carbons (Fsp3) is 0.222. The first kappa shape index (κ1) is 26.6. The third-order valence-corrected chi connectivity index (χ3v) is 7.43. The van der Waals surface area contributed by atoms with Gasteiger partial charge in [-0.2, -0.15) is 0 Å². The van der Waals surface area contributed by atoms with E-state index in [1.807, 2.05) is 73.2 Å². The van der Waals surface area contributed by atoms with Gasteiger partial charge in [-0.05, 0) is 60.0 Å². The predicted molar refractivity (Wildman–Crippen MR) is 148 cm³/mol. The second-order valence-corrected chi connectivity index (χ2v) is 10.5. The van der Waals surface area contributed by atoms with Gasteiger partial charge in [0.15, 0.2) is 10.3 Å². The minimum Gasteiger partial charge on any atom is -0.298 e. The van der Waals surface area contributed by atoms with Crippen LogP contribution in [0.2, 0.25) is 10.0 Å². The number of halogens is 2. The third-order valence-electron chi connectivity index (χ3n) is 5.81. The van der Waals surface area contributed by atoms with Crippen LogP contribution in [0.5, 0.6) is 0 Å². The molecule has 36 heavy (non-hydrogen) atoms. The molecule has 0 saturated carbocycles. The first-order chi connectivity index (χ1) is 17.5. The molecule has 0 amide bonds. The number of aromatic nitrogens is 4. The van der Waals surface area contributed by atoms with Crippen molar-refractivity contribution < 1.29 is 4.79 Å². The van der Waals surface area contributed by atoms with Crippen LogP contribution in [-0.2, 0) is 17.6 Å². The van der Waals surface area contributed by atoms with Gasteiger partial charge in [-0.3, -0.25) is 4.79 Å². The molecule has 0 radical (unpaired) electrons. The molecule has 0 fully saturated rings. The Labute approximate surface area is 229 Å². The molecular formula is C27H24Cl2N4OS2. The van der Waals surface area contributed by atoms with Gasteiger partial charge in [-0.25, -0.2) is 19.9 Å². The van der Waals surface area contributed by atoms with Crippen LogP contribution in [0, 0.1) is 0 Å². The highest BCUT2D eigenvalue weighted by molar-refractivity contribution is 7.98. The smallest absolute Gasteiger partial charge is 0.187 e. The number of benzene rings is 2. The Balaban J connectivity index is 1.75. The van der Waals surface area contributed by atoms with Crippen molar-refractivity contribution in [3.05, 3.63) is 106 Å². The molecule has 4 rings (SSSR count). The molecule has 2 aromatic heterocycles. The molecule has 5 nitrogen and oxygen atoms in total. The van der Waals surface area contributed by atoms with Crippen LogP contribution in [0.3, 0.4) is 0 Å². The molecule has 2 unspecified atom stereocenters. The molecule has 9 heteroatoms. The van der Waals surface area contributed by atoms with Crippen molar-refractivity contribution in [3.8, 4) is 0 Å². The van der Waals surface area contributed by atoms with E-state index in [0.717, 1.165) is 22.5 Å². The summed E-state index contributed by atoms with van der Waals surface area (Å²) in [6.07, 6.45) is 8.23. The average molecular weight is 556 g/mol. The fourth-order valence-electron chi connectivity index (χ4n) is 3.99. The summed E-state index contributed by atoms with van der Waals surface area (Å²) in [6.45, 7) is 0. The molecule has 2 atom stereocenters. The quantitative estimate of drug-likeness (QED) is 0.155. The summed E-state index contributed by atoms with van der Waals surface area (Å²) in [5, 5.41) is 2.59. The van der Waals surface area contributed by atoms with E-state index >= 15 is 0 Å². The highest BCUT2D eigenvalue weighted by Crippen LogP contribution is 2.33. The van der Waals surface area contributed by atoms with Crippen LogP contribution < -0.4 is 0 Å². The van der Waals surface area contributed by atoms with E-state index in [2.05, 4.69) is 19.9 Å². The van der Waals surface area contributed by atoms with Gasteiger partial charge in [-0.1, -0.05) is 71.0 Å². The summed E-state index contributed by atoms with van der Waals surface area (Å²) in [6, 6.07) is 18.6. The zero-order valence-electron chi connectivity index (χ0n) is 19.8. The molecule has 0 bridgehead atoms. The van der Waals surface area contributed by atoms with E-state index in [0.29, 0.717) is 33.2 Å². The summed E-state index contributed by atoms with van der Waals surface area (Å²) in [7, 11) is 0. The SMILES string of the molecule is CSc1nccc(CC(C(=O)C(Cc2ccnc(SC)n2)c2ccc(Cl)cc2)c2ccc(Cl)cc2)n1. The van der Waals surface area contributed by atoms with Crippen molar-refractivity contribution in [2.45, 2.75) is 35.0 Å². The summed E-state index contributed by atoms with van der Waals surface area (Å²) in [5.74, 6) is -0.794. The van der Waals surface area contributed by atoms with Crippen molar-refractivity contribution in [3.63, 3.8) is 0 Å². The highest BCUT2D eigenvalue weighted by Gasteiger charge is 2.31. The lowest BCUT2D eigenvalue weighted by Gasteiger charge is -2.24. The van der Waals surface area contributed by atoms with Crippen molar-refractivity contribution in [1.82, 2.24) is 19.9 Å². The molecule has 0 N–H and O–H groups in total. The zero-order chi connectivity index (χ0) is 25.5. The maximum atomic E-state index is 14.4. The Morgan fingerprint density at radius 1 is 0.694 bits per heavy atom. The number of carbonyl (C=O) groups excluding carboxylic acids is 1. The van der Waals surface area contributed by atoms with E-state index in [1.165, 1.54) is 23.5 Å². The first-order valence-electron chi connectivity index (χ1n) is 11.2. The largest absolute Gasteiger partial charge is 0.298 e. The van der Waals surface area contributed by atoms with E-state index < -0.39 is 11.8 Å². The minimum absolute atomic E-state index is 0.0771. The standard InChI is InChI=1S/C27H24Cl2N4OS2/c1-35-26-30-13-11-21(32-26)15-23(17-3-7-19(28)8-4-17)25(34)24(18-5-9-20(29)10-6-18)16-22-12-14-31-27(33-22)36-2/h3-14,23-24H,15-16H2,1-2H3. The van der Waals surface area contributed by atoms with Gasteiger partial charge >= 0.3 is 0 Å². The van der Waals surface area contributed by atoms with Crippen molar-refractivity contribution >= 4 is 52.5 Å². The number of thioether (sulfide) groups is 2. The van der Waals surface area contributed by atoms with Gasteiger partial charge in [0.05, 0.1) is 0 Å². The molecule has 2 aromatic carbocycles. The van der Waals surface area contributed by atoms with Gasteiger partial charge < -0.3 is 0 Å². The van der Waals surface area contributed by atoms with Gasteiger partial charge in [0.25, 0.3) is 0 Å². The van der Waals surface area contributed by atoms with Crippen LogP contribution >= 0.6 is 46.7 Å². The molecule has 0 aliphatic heterocycles. The number of carbonyl (C=O) groups is 1. The van der Waals surface area contributed by atoms with Crippen LogP contribution in [0.4, 0.5) is 0 Å². The Kier molecular flexibility index (Phi) is 9.37. The third kappa shape index (κ3) is 6.85. The highest BCUT2D eigenvalue weighted by atomic mass is 35.5. The number of nitrogens with zero attached hydrogens (tertiary/aromatic N) is 4. The minimum atomic E-state index is -0.436. The molecule has 0 aliphatic rings. The normalized spacial score (nSPS) is 12.8. The number of ketones is 1. The lowest BCUT2D eigenvalue weighted by Crippen LogP contribution is -2.25. The van der Waals surface area contributed by atoms with Gasteiger partial charge in [-0.15, -0.1) is 0 Å². The summed E-state index contributed by atoms with van der Waals surface area (Å²) >= 11 is 15.3. The topological polar surface area (TPSA) is 68.6 Å². The van der Waals surface area contributed by atoms with E-state index in [1.54, 1.807) is 12.4 Å². The number of hydrogen-bond acceptors (Lipinski definition) is 7. The van der Waals surface area contributed by atoms with Crippen molar-refractivity contribution in [1.29, 1.82) is 0 Å². The van der Waals surface area contributed by atoms with Gasteiger partial charge in [0.2, 0.25) is 0 Å². The lowest BCUT2D eigenvalue weighted by atomic mass is 9.79. The molecule has 0 aliphatic carbocycles. The van der Waals surface area contributed by atoms with E-state index in [9.17, 15) is 4.79 Å². The summed E-state index contributed by atoms with van der Waals surface area (Å²) in [4.78, 5) is 32.2. The monoisotopic (exact) mass is 554 g/mol. The number of Topliss-reactive ketones (excluding diaryl/α,β-unsaturated/α-hetero) is 1. The first-order valence-corrected chi connectivity index (χ1v) is 14.4. The van der Waals surface area contributed by atoms with Gasteiger partial charge in [0.1, 0.15) is 5.78 Å². The molecule has 184 valence electrons. The van der Waals surface area contributed by atoms with Crippen molar-refractivity contribution in [2.75, 3.05) is 12.5 Å². The van der Waals surface area contributed by atoms with Crippen LogP contribution in [-0.4, -0.2) is 38.2 Å². The maximum Gasteiger partial charge on any atom is 0.187 e. The predicted octanol–water partition coefficient (Wildman–Crippen LogP) is 6.94. The lowest BCUT2D eigenvalue weighted by molar-refractivity contribution is -0.122. The number of rotatable bonds is 10. The van der Waals surface area contributed by atoms with E-state index in [-0.39, 0.29) is 5.78 Å². The Bertz CT molecular complexity index is 1220.